The second kappa shape index (κ2) is 11.1. The van der Waals surface area contributed by atoms with E-state index in [1.54, 1.807) is 18.2 Å². The van der Waals surface area contributed by atoms with Gasteiger partial charge in [-0.1, -0.05) is 96.1 Å². The van der Waals surface area contributed by atoms with Gasteiger partial charge in [-0.25, -0.2) is 0 Å². The summed E-state index contributed by atoms with van der Waals surface area (Å²) in [6, 6.07) is 20.6. The quantitative estimate of drug-likeness (QED) is 0.133. The third-order valence-corrected chi connectivity index (χ3v) is 6.91. The van der Waals surface area contributed by atoms with Crippen molar-refractivity contribution in [3.8, 4) is 0 Å². The van der Waals surface area contributed by atoms with Crippen LogP contribution in [0.2, 0.25) is 0 Å². The van der Waals surface area contributed by atoms with Gasteiger partial charge < -0.3 is 29.9 Å². The highest BCUT2D eigenvalue weighted by Crippen LogP contribution is 2.50. The Morgan fingerprint density at radius 1 is 0.800 bits per heavy atom. The minimum atomic E-state index is -3.79. The van der Waals surface area contributed by atoms with Crippen molar-refractivity contribution in [2.24, 2.45) is 5.11 Å². The van der Waals surface area contributed by atoms with Gasteiger partial charge >= 0.3 is 0 Å². The van der Waals surface area contributed by atoms with Crippen LogP contribution in [0.1, 0.15) is 31.1 Å². The maximum Gasteiger partial charge on any atom is 0.218 e. The molecule has 6 atom stereocenters. The minimum absolute atomic E-state index is 0.238. The average molecular weight is 548 g/mol. The number of hydrogen-bond donors (Lipinski definition) is 4. The highest BCUT2D eigenvalue weighted by Gasteiger charge is 2.81. The zero-order valence-electron chi connectivity index (χ0n) is 21.1. The Kier molecular flexibility index (Phi) is 7.96. The molecule has 1 fully saturated rings. The van der Waals surface area contributed by atoms with Crippen molar-refractivity contribution in [2.75, 3.05) is 7.11 Å². The molecule has 0 radical (unpaired) electrons. The van der Waals surface area contributed by atoms with E-state index in [0.29, 0.717) is 0 Å². The molecule has 12 heteroatoms. The van der Waals surface area contributed by atoms with Crippen molar-refractivity contribution in [2.45, 2.75) is 35.4 Å². The summed E-state index contributed by atoms with van der Waals surface area (Å²) >= 11 is 0. The smallest absolute Gasteiger partial charge is 0.218 e. The van der Waals surface area contributed by atoms with Gasteiger partial charge in [-0.3, -0.25) is 14.4 Å². The lowest BCUT2D eigenvalue weighted by atomic mass is 9.58. The van der Waals surface area contributed by atoms with Gasteiger partial charge in [0.2, 0.25) is 28.6 Å². The lowest BCUT2D eigenvalue weighted by molar-refractivity contribution is -0.360. The lowest BCUT2D eigenvalue weighted by Gasteiger charge is -2.58. The van der Waals surface area contributed by atoms with Gasteiger partial charge in [0.25, 0.3) is 0 Å². The molecule has 0 amide bonds. The van der Waals surface area contributed by atoms with Crippen molar-refractivity contribution in [3.63, 3.8) is 0 Å². The molecular weight excluding hydrogens is 522 g/mol. The molecular formula is C28H25N3O9. The van der Waals surface area contributed by atoms with Gasteiger partial charge in [-0.05, 0) is 5.53 Å². The number of ketones is 3. The topological polar surface area (TPSA) is 199 Å². The van der Waals surface area contributed by atoms with Crippen LogP contribution in [-0.2, 0) is 9.47 Å². The first-order valence-corrected chi connectivity index (χ1v) is 12.0. The van der Waals surface area contributed by atoms with Crippen LogP contribution in [0.3, 0.4) is 0 Å². The summed E-state index contributed by atoms with van der Waals surface area (Å²) in [4.78, 5) is 44.8. The maximum absolute atomic E-state index is 14.2. The molecule has 0 aromatic heterocycles. The van der Waals surface area contributed by atoms with E-state index in [4.69, 9.17) is 15.0 Å². The Morgan fingerprint density at radius 2 is 1.20 bits per heavy atom. The van der Waals surface area contributed by atoms with Crippen LogP contribution in [0.25, 0.3) is 10.4 Å². The van der Waals surface area contributed by atoms with Crippen molar-refractivity contribution >= 4 is 17.3 Å². The normalized spacial score (nSPS) is 28.6. The number of azide groups is 1. The molecule has 1 aliphatic rings. The molecule has 206 valence electrons. The van der Waals surface area contributed by atoms with E-state index in [-0.39, 0.29) is 16.7 Å². The fourth-order valence-corrected chi connectivity index (χ4v) is 4.95. The number of benzene rings is 3. The zero-order valence-corrected chi connectivity index (χ0v) is 21.1. The maximum atomic E-state index is 14.2. The molecule has 1 unspecified atom stereocenters. The van der Waals surface area contributed by atoms with E-state index in [1.807, 2.05) is 0 Å². The Labute approximate surface area is 227 Å². The van der Waals surface area contributed by atoms with Crippen LogP contribution < -0.4 is 0 Å². The molecule has 0 saturated carbocycles. The Bertz CT molecular complexity index is 1450. The number of carbonyl (C=O) groups excluding carboxylic acids is 3. The molecule has 0 bridgehead atoms. The summed E-state index contributed by atoms with van der Waals surface area (Å²) in [5.74, 6) is -4.25. The largest absolute Gasteiger partial charge is 0.384 e. The van der Waals surface area contributed by atoms with Crippen LogP contribution in [-0.4, -0.2) is 80.3 Å². The van der Waals surface area contributed by atoms with Crippen LogP contribution in [0, 0.1) is 0 Å². The van der Waals surface area contributed by atoms with Crippen molar-refractivity contribution < 1.29 is 44.3 Å². The standard InChI is InChI=1S/C28H25N3O9/c1-39-25-27(37,21(33)18-13-7-3-8-14-18)28(38,22(34)19-15-9-4-10-16-19)26(36,23(40-25)24(35)30-31-29)20(32)17-11-5-2-6-12-17/h2-16,23-25,35-38H,1H3/t23-,24?,25+,26-,27-,28+/m1/s1. The number of carbonyl (C=O) groups is 3. The highest BCUT2D eigenvalue weighted by atomic mass is 16.7. The Balaban J connectivity index is 2.12. The summed E-state index contributed by atoms with van der Waals surface area (Å²) in [6.07, 6.45) is -7.09. The van der Waals surface area contributed by atoms with Gasteiger partial charge in [-0.15, -0.1) is 0 Å². The van der Waals surface area contributed by atoms with Gasteiger partial charge in [-0.2, -0.15) is 0 Å². The molecule has 3 aromatic rings. The summed E-state index contributed by atoms with van der Waals surface area (Å²) in [7, 11) is 0.960. The van der Waals surface area contributed by atoms with Gasteiger partial charge in [0.15, 0.2) is 18.1 Å². The molecule has 40 heavy (non-hydrogen) atoms. The summed E-state index contributed by atoms with van der Waals surface area (Å²) in [5.41, 5.74) is -2.80. The molecule has 3 aromatic carbocycles. The Hall–Kier alpha value is -4.26. The number of Topliss-reactive ketones (excluding diaryl/α,β-unsaturated/α-hetero) is 3. The molecule has 1 aliphatic heterocycles. The highest BCUT2D eigenvalue weighted by molar-refractivity contribution is 6.18. The number of aliphatic hydroxyl groups is 4. The minimum Gasteiger partial charge on any atom is -0.384 e. The van der Waals surface area contributed by atoms with Crippen LogP contribution in [0.15, 0.2) is 96.1 Å². The fraction of sp³-hybridized carbons (Fsp3) is 0.250. The number of hydrogen-bond acceptors (Lipinski definition) is 10. The first-order chi connectivity index (χ1) is 19.1. The van der Waals surface area contributed by atoms with Gasteiger partial charge in [0, 0.05) is 28.7 Å². The first-order valence-electron chi connectivity index (χ1n) is 12.0. The molecule has 0 aliphatic carbocycles. The number of methoxy groups -OCH3 is 1. The lowest BCUT2D eigenvalue weighted by Crippen LogP contribution is -2.87. The third-order valence-electron chi connectivity index (χ3n) is 6.91. The van der Waals surface area contributed by atoms with Crippen molar-refractivity contribution in [3.05, 3.63) is 118 Å². The van der Waals surface area contributed by atoms with Crippen molar-refractivity contribution in [1.82, 2.24) is 0 Å². The van der Waals surface area contributed by atoms with Crippen molar-refractivity contribution in [1.29, 1.82) is 0 Å². The predicted molar refractivity (Wildman–Crippen MR) is 138 cm³/mol. The molecule has 0 spiro atoms. The molecule has 1 saturated heterocycles. The molecule has 12 nitrogen and oxygen atoms in total. The van der Waals surface area contributed by atoms with Gasteiger partial charge in [0.05, 0.1) is 0 Å². The number of nitrogens with zero attached hydrogens (tertiary/aromatic N) is 3. The molecule has 4 rings (SSSR count). The summed E-state index contributed by atoms with van der Waals surface area (Å²) in [6.45, 7) is 0. The molecule has 1 heterocycles. The zero-order chi connectivity index (χ0) is 29.1. The molecule has 4 N–H and O–H groups in total. The summed E-state index contributed by atoms with van der Waals surface area (Å²) < 4.78 is 10.8. The summed E-state index contributed by atoms with van der Waals surface area (Å²) in [5, 5.41) is 50.8. The van der Waals surface area contributed by atoms with Crippen LogP contribution in [0.5, 0.6) is 0 Å². The second-order valence-corrected chi connectivity index (χ2v) is 9.07. The second-order valence-electron chi connectivity index (χ2n) is 9.07. The van der Waals surface area contributed by atoms with E-state index in [1.165, 1.54) is 72.8 Å². The average Bonchev–Trinajstić information content (AvgIpc) is 3.00. The van der Waals surface area contributed by atoms with Crippen LogP contribution >= 0.6 is 0 Å². The fourth-order valence-electron chi connectivity index (χ4n) is 4.95. The third kappa shape index (κ3) is 4.21. The Morgan fingerprint density at radius 3 is 1.60 bits per heavy atom. The van der Waals surface area contributed by atoms with E-state index in [0.717, 1.165) is 7.11 Å². The van der Waals surface area contributed by atoms with E-state index in [2.05, 4.69) is 10.0 Å². The number of ether oxygens (including phenoxy) is 2. The van der Waals surface area contributed by atoms with E-state index in [9.17, 15) is 34.8 Å². The van der Waals surface area contributed by atoms with E-state index < -0.39 is 52.8 Å². The monoisotopic (exact) mass is 547 g/mol. The predicted octanol–water partition coefficient (Wildman–Crippen LogP) is 1.83. The number of aliphatic hydroxyl groups excluding tert-OH is 1. The first kappa shape index (κ1) is 28.7. The SMILES string of the molecule is CO[C@H]1O[C@H](C(O)N=[N+]=[N-])[C@](O)(C(=O)c2ccccc2)[C@@](O)(C(=O)c2ccccc2)[C@@]1(O)C(=O)c1ccccc1. The number of rotatable bonds is 9. The van der Waals surface area contributed by atoms with Gasteiger partial charge in [0.1, 0.15) is 6.10 Å². The van der Waals surface area contributed by atoms with E-state index >= 15 is 0 Å². The van der Waals surface area contributed by atoms with Crippen LogP contribution in [0.4, 0.5) is 0 Å².